The summed E-state index contributed by atoms with van der Waals surface area (Å²) in [5, 5.41) is 8.56. The molecule has 12 heavy (non-hydrogen) atoms. The lowest BCUT2D eigenvalue weighted by Gasteiger charge is -2.05. The summed E-state index contributed by atoms with van der Waals surface area (Å²) < 4.78 is 0. The van der Waals surface area contributed by atoms with E-state index in [-0.39, 0.29) is 12.3 Å². The van der Waals surface area contributed by atoms with Crippen LogP contribution in [0.2, 0.25) is 0 Å². The van der Waals surface area contributed by atoms with Gasteiger partial charge in [-0.3, -0.25) is 4.79 Å². The fraction of sp³-hybridized carbons (Fsp3) is 0.500. The number of thiazole rings is 1. The number of aromatic nitrogens is 1. The highest BCUT2D eigenvalue weighted by Gasteiger charge is 2.13. The first-order chi connectivity index (χ1) is 5.61. The van der Waals surface area contributed by atoms with Crippen LogP contribution in [0.5, 0.6) is 0 Å². The molecule has 0 radical (unpaired) electrons. The Morgan fingerprint density at radius 2 is 2.50 bits per heavy atom. The summed E-state index contributed by atoms with van der Waals surface area (Å²) in [5.41, 5.74) is 2.71. The van der Waals surface area contributed by atoms with Crippen LogP contribution in [0.25, 0.3) is 0 Å². The zero-order valence-electron chi connectivity index (χ0n) is 7.07. The Kier molecular flexibility index (Phi) is 2.81. The molecule has 0 saturated carbocycles. The molecule has 1 aromatic rings. The van der Waals surface area contributed by atoms with Crippen molar-refractivity contribution in [2.24, 2.45) is 0 Å². The third-order valence-corrected chi connectivity index (χ3v) is 2.87. The van der Waals surface area contributed by atoms with Crippen molar-refractivity contribution in [1.29, 1.82) is 0 Å². The number of aryl methyl sites for hydroxylation is 1. The van der Waals surface area contributed by atoms with Gasteiger partial charge in [-0.25, -0.2) is 4.98 Å². The first kappa shape index (κ1) is 9.19. The van der Waals surface area contributed by atoms with Gasteiger partial charge in [-0.2, -0.15) is 0 Å². The number of carboxylic acid groups (broad SMARTS) is 1. The molecular formula is C8H11NO2S. The van der Waals surface area contributed by atoms with Gasteiger partial charge in [-0.1, -0.05) is 6.92 Å². The second-order valence-electron chi connectivity index (χ2n) is 2.80. The maximum atomic E-state index is 10.4. The molecule has 0 aliphatic carbocycles. The molecule has 0 saturated heterocycles. The van der Waals surface area contributed by atoms with Crippen molar-refractivity contribution in [2.45, 2.75) is 26.2 Å². The number of aliphatic carboxylic acids is 1. The van der Waals surface area contributed by atoms with E-state index in [0.29, 0.717) is 0 Å². The standard InChI is InChI=1S/C8H11NO2S/c1-5(3-7(10)11)8-6(2)9-4-12-8/h4-5H,3H2,1-2H3,(H,10,11). The summed E-state index contributed by atoms with van der Waals surface area (Å²) in [7, 11) is 0. The summed E-state index contributed by atoms with van der Waals surface area (Å²) in [6.45, 7) is 3.82. The van der Waals surface area contributed by atoms with Gasteiger partial charge in [0.15, 0.2) is 0 Å². The molecule has 0 fully saturated rings. The van der Waals surface area contributed by atoms with E-state index < -0.39 is 5.97 Å². The van der Waals surface area contributed by atoms with Crippen LogP contribution in [0, 0.1) is 6.92 Å². The van der Waals surface area contributed by atoms with Crippen LogP contribution in [0.15, 0.2) is 5.51 Å². The van der Waals surface area contributed by atoms with Gasteiger partial charge in [-0.05, 0) is 6.92 Å². The van der Waals surface area contributed by atoms with Gasteiger partial charge in [0, 0.05) is 10.8 Å². The van der Waals surface area contributed by atoms with Crippen molar-refractivity contribution >= 4 is 17.3 Å². The lowest BCUT2D eigenvalue weighted by atomic mass is 10.1. The van der Waals surface area contributed by atoms with Gasteiger partial charge < -0.3 is 5.11 Å². The summed E-state index contributed by atoms with van der Waals surface area (Å²) in [6.07, 6.45) is 0.184. The summed E-state index contributed by atoms with van der Waals surface area (Å²) >= 11 is 1.53. The highest BCUT2D eigenvalue weighted by Crippen LogP contribution is 2.25. The van der Waals surface area contributed by atoms with Gasteiger partial charge in [-0.15, -0.1) is 11.3 Å². The third kappa shape index (κ3) is 2.04. The SMILES string of the molecule is Cc1ncsc1C(C)CC(=O)O. The van der Waals surface area contributed by atoms with E-state index >= 15 is 0 Å². The summed E-state index contributed by atoms with van der Waals surface area (Å²) in [4.78, 5) is 15.6. The van der Waals surface area contributed by atoms with Gasteiger partial charge in [0.25, 0.3) is 0 Å². The molecular weight excluding hydrogens is 174 g/mol. The third-order valence-electron chi connectivity index (χ3n) is 1.71. The molecule has 0 bridgehead atoms. The van der Waals surface area contributed by atoms with Crippen LogP contribution in [0.1, 0.15) is 29.8 Å². The monoisotopic (exact) mass is 185 g/mol. The van der Waals surface area contributed by atoms with E-state index in [9.17, 15) is 4.79 Å². The van der Waals surface area contributed by atoms with E-state index in [4.69, 9.17) is 5.11 Å². The Bertz CT molecular complexity index is 282. The minimum absolute atomic E-state index is 0.0787. The fourth-order valence-corrected chi connectivity index (χ4v) is 2.00. The Morgan fingerprint density at radius 1 is 1.83 bits per heavy atom. The zero-order chi connectivity index (χ0) is 9.14. The summed E-state index contributed by atoms with van der Waals surface area (Å²) in [5.74, 6) is -0.676. The molecule has 1 heterocycles. The van der Waals surface area contributed by atoms with Crippen molar-refractivity contribution in [3.63, 3.8) is 0 Å². The van der Waals surface area contributed by atoms with Crippen molar-refractivity contribution in [2.75, 3.05) is 0 Å². The average Bonchev–Trinajstić information content (AvgIpc) is 2.33. The second kappa shape index (κ2) is 3.67. The number of hydrogen-bond acceptors (Lipinski definition) is 3. The van der Waals surface area contributed by atoms with Gasteiger partial charge in [0.1, 0.15) is 0 Å². The Labute approximate surface area is 75.1 Å². The van der Waals surface area contributed by atoms with E-state index in [1.807, 2.05) is 13.8 Å². The number of hydrogen-bond donors (Lipinski definition) is 1. The fourth-order valence-electron chi connectivity index (χ4n) is 1.14. The van der Waals surface area contributed by atoms with Crippen LogP contribution in [-0.4, -0.2) is 16.1 Å². The number of nitrogens with zero attached hydrogens (tertiary/aromatic N) is 1. The number of rotatable bonds is 3. The molecule has 1 N–H and O–H groups in total. The number of carboxylic acids is 1. The van der Waals surface area contributed by atoms with Crippen molar-refractivity contribution < 1.29 is 9.90 Å². The minimum Gasteiger partial charge on any atom is -0.481 e. The molecule has 1 unspecified atom stereocenters. The average molecular weight is 185 g/mol. The summed E-state index contributed by atoms with van der Waals surface area (Å²) in [6, 6.07) is 0. The topological polar surface area (TPSA) is 50.2 Å². The van der Waals surface area contributed by atoms with Crippen molar-refractivity contribution in [3.05, 3.63) is 16.1 Å². The Balaban J connectivity index is 2.71. The molecule has 1 atom stereocenters. The highest BCUT2D eigenvalue weighted by molar-refractivity contribution is 7.09. The predicted molar refractivity (Wildman–Crippen MR) is 47.5 cm³/mol. The van der Waals surface area contributed by atoms with Gasteiger partial charge >= 0.3 is 5.97 Å². The van der Waals surface area contributed by atoms with Crippen molar-refractivity contribution in [3.8, 4) is 0 Å². The van der Waals surface area contributed by atoms with E-state index in [1.54, 1.807) is 5.51 Å². The Hall–Kier alpha value is -0.900. The normalized spacial score (nSPS) is 12.8. The van der Waals surface area contributed by atoms with Crippen LogP contribution < -0.4 is 0 Å². The van der Waals surface area contributed by atoms with E-state index in [1.165, 1.54) is 11.3 Å². The molecule has 4 heteroatoms. The highest BCUT2D eigenvalue weighted by atomic mass is 32.1. The zero-order valence-corrected chi connectivity index (χ0v) is 7.89. The van der Waals surface area contributed by atoms with E-state index in [2.05, 4.69) is 4.98 Å². The lowest BCUT2D eigenvalue weighted by Crippen LogP contribution is -2.02. The smallest absolute Gasteiger partial charge is 0.303 e. The second-order valence-corrected chi connectivity index (χ2v) is 3.69. The minimum atomic E-state index is -0.754. The van der Waals surface area contributed by atoms with Gasteiger partial charge in [0.05, 0.1) is 17.6 Å². The molecule has 0 aliphatic rings. The first-order valence-electron chi connectivity index (χ1n) is 3.73. The van der Waals surface area contributed by atoms with Crippen molar-refractivity contribution in [1.82, 2.24) is 4.98 Å². The largest absolute Gasteiger partial charge is 0.481 e. The van der Waals surface area contributed by atoms with Crippen LogP contribution in [0.4, 0.5) is 0 Å². The Morgan fingerprint density at radius 3 is 2.92 bits per heavy atom. The van der Waals surface area contributed by atoms with Gasteiger partial charge in [0.2, 0.25) is 0 Å². The molecule has 66 valence electrons. The molecule has 0 aromatic carbocycles. The molecule has 1 rings (SSSR count). The first-order valence-corrected chi connectivity index (χ1v) is 4.61. The molecule has 1 aromatic heterocycles. The van der Waals surface area contributed by atoms with Crippen LogP contribution >= 0.6 is 11.3 Å². The quantitative estimate of drug-likeness (QED) is 0.783. The number of carbonyl (C=O) groups is 1. The molecule has 0 spiro atoms. The molecule has 0 amide bonds. The molecule has 3 nitrogen and oxygen atoms in total. The lowest BCUT2D eigenvalue weighted by molar-refractivity contribution is -0.137. The maximum Gasteiger partial charge on any atom is 0.303 e. The van der Waals surface area contributed by atoms with E-state index in [0.717, 1.165) is 10.6 Å². The predicted octanol–water partition coefficient (Wildman–Crippen LogP) is 2.03. The van der Waals surface area contributed by atoms with Crippen LogP contribution in [-0.2, 0) is 4.79 Å². The maximum absolute atomic E-state index is 10.4. The molecule has 0 aliphatic heterocycles. The van der Waals surface area contributed by atoms with Crippen LogP contribution in [0.3, 0.4) is 0 Å².